The zero-order chi connectivity index (χ0) is 9.49. The van der Waals surface area contributed by atoms with Crippen molar-refractivity contribution in [3.8, 4) is 0 Å². The van der Waals surface area contributed by atoms with E-state index in [2.05, 4.69) is 27.7 Å². The van der Waals surface area contributed by atoms with Crippen LogP contribution >= 0.6 is 0 Å². The smallest absolute Gasteiger partial charge is 0.0515 e. The molecule has 0 amide bonds. The van der Waals surface area contributed by atoms with Crippen LogP contribution in [-0.2, 0) is 4.74 Å². The van der Waals surface area contributed by atoms with Gasteiger partial charge in [-0.15, -0.1) is 0 Å². The van der Waals surface area contributed by atoms with Gasteiger partial charge < -0.3 is 4.74 Å². The van der Waals surface area contributed by atoms with E-state index >= 15 is 0 Å². The van der Waals surface area contributed by atoms with Gasteiger partial charge in [0.2, 0.25) is 0 Å². The van der Waals surface area contributed by atoms with Crippen molar-refractivity contribution < 1.29 is 4.74 Å². The molecule has 0 aromatic carbocycles. The van der Waals surface area contributed by atoms with Crippen LogP contribution < -0.4 is 0 Å². The van der Waals surface area contributed by atoms with E-state index in [9.17, 15) is 0 Å². The first kappa shape index (κ1) is 13.5. The minimum atomic E-state index is 0.328. The van der Waals surface area contributed by atoms with Crippen molar-refractivity contribution >= 4 is 0 Å². The Kier molecular flexibility index (Phi) is 8.20. The van der Waals surface area contributed by atoms with Crippen LogP contribution in [0.1, 0.15) is 41.5 Å². The summed E-state index contributed by atoms with van der Waals surface area (Å²) < 4.78 is 5.07. The van der Waals surface area contributed by atoms with Gasteiger partial charge in [0.25, 0.3) is 0 Å². The Morgan fingerprint density at radius 3 is 1.64 bits per heavy atom. The number of hydrogen-bond acceptors (Lipinski definition) is 1. The van der Waals surface area contributed by atoms with E-state index < -0.39 is 0 Å². The SMILES string of the molecule is CC.COCC(C)(C)C(C)C. The molecule has 0 heterocycles. The highest BCUT2D eigenvalue weighted by atomic mass is 16.5. The fourth-order valence-electron chi connectivity index (χ4n) is 0.539. The van der Waals surface area contributed by atoms with Gasteiger partial charge in [-0.1, -0.05) is 41.5 Å². The minimum absolute atomic E-state index is 0.328. The summed E-state index contributed by atoms with van der Waals surface area (Å²) in [7, 11) is 1.75. The molecule has 11 heavy (non-hydrogen) atoms. The number of ether oxygens (including phenoxy) is 1. The Labute approximate surface area is 72.1 Å². The first-order valence-corrected chi connectivity index (χ1v) is 4.49. The maximum atomic E-state index is 5.07. The van der Waals surface area contributed by atoms with E-state index in [4.69, 9.17) is 4.74 Å². The molecule has 0 aliphatic heterocycles. The van der Waals surface area contributed by atoms with Gasteiger partial charge in [-0.2, -0.15) is 0 Å². The predicted molar refractivity (Wildman–Crippen MR) is 51.8 cm³/mol. The van der Waals surface area contributed by atoms with Crippen molar-refractivity contribution in [1.29, 1.82) is 0 Å². The molecule has 0 aromatic heterocycles. The molecule has 0 spiro atoms. The molecule has 0 unspecified atom stereocenters. The maximum absolute atomic E-state index is 5.07. The molecule has 0 radical (unpaired) electrons. The largest absolute Gasteiger partial charge is 0.384 e. The molecule has 0 saturated carbocycles. The third-order valence-electron chi connectivity index (χ3n) is 2.08. The second-order valence-corrected chi connectivity index (χ2v) is 3.58. The van der Waals surface area contributed by atoms with Crippen LogP contribution in [0.3, 0.4) is 0 Å². The van der Waals surface area contributed by atoms with Gasteiger partial charge in [0.1, 0.15) is 0 Å². The molecule has 0 bridgehead atoms. The molecule has 1 heteroatoms. The van der Waals surface area contributed by atoms with Crippen LogP contribution in [-0.4, -0.2) is 13.7 Å². The standard InChI is InChI=1S/C8H18O.C2H6/c1-7(2)8(3,4)6-9-5;1-2/h7H,6H2,1-5H3;1-2H3. The van der Waals surface area contributed by atoms with E-state index in [1.165, 1.54) is 0 Å². The monoisotopic (exact) mass is 160 g/mol. The molecule has 0 saturated heterocycles. The van der Waals surface area contributed by atoms with Crippen molar-refractivity contribution in [1.82, 2.24) is 0 Å². The summed E-state index contributed by atoms with van der Waals surface area (Å²) in [6.07, 6.45) is 0. The Balaban J connectivity index is 0. The van der Waals surface area contributed by atoms with Gasteiger partial charge in [-0.25, -0.2) is 0 Å². The highest BCUT2D eigenvalue weighted by molar-refractivity contribution is 4.70. The average Bonchev–Trinajstić information content (AvgIpc) is 1.92. The fourth-order valence-corrected chi connectivity index (χ4v) is 0.539. The molecule has 0 aromatic rings. The van der Waals surface area contributed by atoms with Crippen LogP contribution in [0, 0.1) is 11.3 Å². The van der Waals surface area contributed by atoms with E-state index in [0.29, 0.717) is 11.3 Å². The summed E-state index contributed by atoms with van der Waals surface area (Å²) in [6, 6.07) is 0. The van der Waals surface area contributed by atoms with Crippen LogP contribution in [0.25, 0.3) is 0 Å². The molecule has 70 valence electrons. The summed E-state index contributed by atoms with van der Waals surface area (Å²) in [5, 5.41) is 0. The summed E-state index contributed by atoms with van der Waals surface area (Å²) in [6.45, 7) is 13.7. The van der Waals surface area contributed by atoms with Gasteiger partial charge in [-0.05, 0) is 11.3 Å². The minimum Gasteiger partial charge on any atom is -0.384 e. The third kappa shape index (κ3) is 6.36. The lowest BCUT2D eigenvalue weighted by molar-refractivity contribution is 0.0717. The molecule has 0 N–H and O–H groups in total. The van der Waals surface area contributed by atoms with Crippen LogP contribution in [0.15, 0.2) is 0 Å². The Morgan fingerprint density at radius 2 is 1.55 bits per heavy atom. The van der Waals surface area contributed by atoms with E-state index in [-0.39, 0.29) is 0 Å². The first-order chi connectivity index (χ1) is 5.00. The number of hydrogen-bond donors (Lipinski definition) is 0. The molecule has 0 aliphatic carbocycles. The van der Waals surface area contributed by atoms with Crippen LogP contribution in [0.4, 0.5) is 0 Å². The van der Waals surface area contributed by atoms with Gasteiger partial charge in [-0.3, -0.25) is 0 Å². The lowest BCUT2D eigenvalue weighted by Crippen LogP contribution is -2.24. The van der Waals surface area contributed by atoms with Crippen molar-refractivity contribution in [2.75, 3.05) is 13.7 Å². The lowest BCUT2D eigenvalue weighted by atomic mass is 9.82. The van der Waals surface area contributed by atoms with E-state index in [1.54, 1.807) is 7.11 Å². The number of rotatable bonds is 3. The Hall–Kier alpha value is -0.0400. The van der Waals surface area contributed by atoms with Crippen LogP contribution in [0.2, 0.25) is 0 Å². The topological polar surface area (TPSA) is 9.23 Å². The fraction of sp³-hybridized carbons (Fsp3) is 1.00. The zero-order valence-corrected chi connectivity index (χ0v) is 9.19. The average molecular weight is 160 g/mol. The van der Waals surface area contributed by atoms with Gasteiger partial charge in [0.15, 0.2) is 0 Å². The van der Waals surface area contributed by atoms with Crippen molar-refractivity contribution in [2.24, 2.45) is 11.3 Å². The molecule has 0 aliphatic rings. The molecule has 0 rings (SSSR count). The second-order valence-electron chi connectivity index (χ2n) is 3.58. The van der Waals surface area contributed by atoms with E-state index in [0.717, 1.165) is 6.61 Å². The van der Waals surface area contributed by atoms with Gasteiger partial charge in [0, 0.05) is 7.11 Å². The Bertz CT molecular complexity index is 74.9. The maximum Gasteiger partial charge on any atom is 0.0515 e. The highest BCUT2D eigenvalue weighted by Gasteiger charge is 2.21. The summed E-state index contributed by atoms with van der Waals surface area (Å²) in [5.74, 6) is 0.692. The zero-order valence-electron chi connectivity index (χ0n) is 9.19. The van der Waals surface area contributed by atoms with Crippen molar-refractivity contribution in [3.63, 3.8) is 0 Å². The molecular formula is C10H24O. The highest BCUT2D eigenvalue weighted by Crippen LogP contribution is 2.25. The normalized spacial score (nSPS) is 10.9. The molecule has 0 fully saturated rings. The van der Waals surface area contributed by atoms with E-state index in [1.807, 2.05) is 13.8 Å². The number of methoxy groups -OCH3 is 1. The summed E-state index contributed by atoms with van der Waals surface area (Å²) >= 11 is 0. The predicted octanol–water partition coefficient (Wildman–Crippen LogP) is 3.34. The first-order valence-electron chi connectivity index (χ1n) is 4.49. The third-order valence-corrected chi connectivity index (χ3v) is 2.08. The second kappa shape index (κ2) is 6.66. The molecule has 0 atom stereocenters. The summed E-state index contributed by atoms with van der Waals surface area (Å²) in [5.41, 5.74) is 0.328. The van der Waals surface area contributed by atoms with Gasteiger partial charge >= 0.3 is 0 Å². The van der Waals surface area contributed by atoms with Gasteiger partial charge in [0.05, 0.1) is 6.61 Å². The summed E-state index contributed by atoms with van der Waals surface area (Å²) in [4.78, 5) is 0. The lowest BCUT2D eigenvalue weighted by Gasteiger charge is -2.27. The molecule has 1 nitrogen and oxygen atoms in total. The Morgan fingerprint density at radius 1 is 1.18 bits per heavy atom. The van der Waals surface area contributed by atoms with Crippen molar-refractivity contribution in [2.45, 2.75) is 41.5 Å². The molecular weight excluding hydrogens is 136 g/mol. The van der Waals surface area contributed by atoms with Crippen molar-refractivity contribution in [3.05, 3.63) is 0 Å². The van der Waals surface area contributed by atoms with Crippen LogP contribution in [0.5, 0.6) is 0 Å². The quantitative estimate of drug-likeness (QED) is 0.615.